The second-order valence-electron chi connectivity index (χ2n) is 4.68. The standard InChI is InChI=1S/C16H20N2O4/c1-20-10-15(21-2)11-22-14-5-3-12(4-6-14)16-17-8-7-13(9-19)18-16/h3-8,15,19H,9-11H2,1-2H3/t15-/m1/s1. The third-order valence-corrected chi connectivity index (χ3v) is 3.11. The number of ether oxygens (including phenoxy) is 3. The van der Waals surface area contributed by atoms with Gasteiger partial charge in [-0.1, -0.05) is 0 Å². The molecule has 1 atom stereocenters. The predicted octanol–water partition coefficient (Wildman–Crippen LogP) is 1.68. The maximum Gasteiger partial charge on any atom is 0.159 e. The fourth-order valence-electron chi connectivity index (χ4n) is 1.88. The number of benzene rings is 1. The van der Waals surface area contributed by atoms with Gasteiger partial charge in [0.15, 0.2) is 5.82 Å². The summed E-state index contributed by atoms with van der Waals surface area (Å²) in [6, 6.07) is 9.14. The van der Waals surface area contributed by atoms with Gasteiger partial charge in [-0.05, 0) is 30.3 Å². The Kier molecular flexibility index (Phi) is 6.27. The SMILES string of the molecule is COC[C@H](COc1ccc(-c2nccc(CO)n2)cc1)OC. The fourth-order valence-corrected chi connectivity index (χ4v) is 1.88. The van der Waals surface area contributed by atoms with E-state index in [1.165, 1.54) is 0 Å². The summed E-state index contributed by atoms with van der Waals surface area (Å²) in [5.41, 5.74) is 1.45. The highest BCUT2D eigenvalue weighted by Gasteiger charge is 2.08. The number of aliphatic hydroxyl groups is 1. The predicted molar refractivity (Wildman–Crippen MR) is 81.6 cm³/mol. The van der Waals surface area contributed by atoms with Crippen molar-refractivity contribution in [1.29, 1.82) is 0 Å². The smallest absolute Gasteiger partial charge is 0.159 e. The van der Waals surface area contributed by atoms with Crippen LogP contribution in [-0.4, -0.2) is 48.6 Å². The summed E-state index contributed by atoms with van der Waals surface area (Å²) in [6.07, 6.45) is 1.53. The summed E-state index contributed by atoms with van der Waals surface area (Å²) in [7, 11) is 3.25. The Morgan fingerprint density at radius 3 is 2.50 bits per heavy atom. The molecule has 0 aliphatic carbocycles. The van der Waals surface area contributed by atoms with Crippen LogP contribution >= 0.6 is 0 Å². The maximum absolute atomic E-state index is 9.11. The van der Waals surface area contributed by atoms with Crippen LogP contribution in [0.25, 0.3) is 11.4 Å². The van der Waals surface area contributed by atoms with Gasteiger partial charge in [-0.25, -0.2) is 9.97 Å². The van der Waals surface area contributed by atoms with Crippen LogP contribution in [0, 0.1) is 0 Å². The van der Waals surface area contributed by atoms with E-state index in [-0.39, 0.29) is 12.7 Å². The Balaban J connectivity index is 2.00. The largest absolute Gasteiger partial charge is 0.491 e. The molecule has 22 heavy (non-hydrogen) atoms. The third-order valence-electron chi connectivity index (χ3n) is 3.11. The van der Waals surface area contributed by atoms with Crippen LogP contribution in [0.5, 0.6) is 5.75 Å². The molecule has 0 amide bonds. The maximum atomic E-state index is 9.11. The topological polar surface area (TPSA) is 73.7 Å². The molecule has 1 heterocycles. The molecular formula is C16H20N2O4. The van der Waals surface area contributed by atoms with Crippen molar-refractivity contribution in [2.75, 3.05) is 27.4 Å². The minimum atomic E-state index is -0.103. The van der Waals surface area contributed by atoms with E-state index in [1.807, 2.05) is 24.3 Å². The quantitative estimate of drug-likeness (QED) is 0.800. The van der Waals surface area contributed by atoms with Crippen molar-refractivity contribution in [2.45, 2.75) is 12.7 Å². The minimum Gasteiger partial charge on any atom is -0.491 e. The Hall–Kier alpha value is -2.02. The molecule has 0 fully saturated rings. The molecule has 6 heteroatoms. The van der Waals surface area contributed by atoms with Gasteiger partial charge in [0.25, 0.3) is 0 Å². The van der Waals surface area contributed by atoms with Crippen LogP contribution in [0.15, 0.2) is 36.5 Å². The Morgan fingerprint density at radius 2 is 1.86 bits per heavy atom. The van der Waals surface area contributed by atoms with Crippen LogP contribution in [0.4, 0.5) is 0 Å². The fraction of sp³-hybridized carbons (Fsp3) is 0.375. The van der Waals surface area contributed by atoms with Crippen LogP contribution < -0.4 is 4.74 Å². The van der Waals surface area contributed by atoms with Crippen molar-refractivity contribution < 1.29 is 19.3 Å². The third kappa shape index (κ3) is 4.49. The molecule has 0 radical (unpaired) electrons. The number of aromatic nitrogens is 2. The number of aliphatic hydroxyl groups excluding tert-OH is 1. The summed E-state index contributed by atoms with van der Waals surface area (Å²) in [4.78, 5) is 8.46. The molecule has 2 aromatic rings. The van der Waals surface area contributed by atoms with Crippen LogP contribution in [0.3, 0.4) is 0 Å². The number of methoxy groups -OCH3 is 2. The Labute approximate surface area is 129 Å². The molecule has 1 aromatic heterocycles. The monoisotopic (exact) mass is 304 g/mol. The molecule has 0 saturated carbocycles. The first-order valence-electron chi connectivity index (χ1n) is 6.94. The lowest BCUT2D eigenvalue weighted by atomic mass is 10.2. The number of rotatable bonds is 8. The molecule has 0 unspecified atom stereocenters. The molecule has 0 bridgehead atoms. The number of hydrogen-bond acceptors (Lipinski definition) is 6. The highest BCUT2D eigenvalue weighted by Crippen LogP contribution is 2.19. The minimum absolute atomic E-state index is 0.103. The first-order chi connectivity index (χ1) is 10.8. The number of nitrogens with zero attached hydrogens (tertiary/aromatic N) is 2. The molecule has 118 valence electrons. The van der Waals surface area contributed by atoms with Crippen molar-refractivity contribution in [1.82, 2.24) is 9.97 Å². The van der Waals surface area contributed by atoms with Gasteiger partial charge in [0.2, 0.25) is 0 Å². The zero-order valence-electron chi connectivity index (χ0n) is 12.7. The van der Waals surface area contributed by atoms with E-state index >= 15 is 0 Å². The number of hydrogen-bond donors (Lipinski definition) is 1. The molecule has 2 rings (SSSR count). The highest BCUT2D eigenvalue weighted by atomic mass is 16.5. The summed E-state index contributed by atoms with van der Waals surface area (Å²) < 4.78 is 15.9. The zero-order chi connectivity index (χ0) is 15.8. The molecule has 1 N–H and O–H groups in total. The van der Waals surface area contributed by atoms with Crippen molar-refractivity contribution >= 4 is 0 Å². The summed E-state index contributed by atoms with van der Waals surface area (Å²) in [5, 5.41) is 9.11. The zero-order valence-corrected chi connectivity index (χ0v) is 12.7. The summed E-state index contributed by atoms with van der Waals surface area (Å²) >= 11 is 0. The Bertz CT molecular complexity index is 575. The van der Waals surface area contributed by atoms with E-state index in [0.29, 0.717) is 24.7 Å². The van der Waals surface area contributed by atoms with Crippen molar-refractivity contribution in [3.63, 3.8) is 0 Å². The summed E-state index contributed by atoms with van der Waals surface area (Å²) in [5.74, 6) is 1.31. The first kappa shape index (κ1) is 16.4. The van der Waals surface area contributed by atoms with E-state index in [1.54, 1.807) is 26.5 Å². The van der Waals surface area contributed by atoms with E-state index in [2.05, 4.69) is 9.97 Å². The van der Waals surface area contributed by atoms with Gasteiger partial charge in [-0.3, -0.25) is 0 Å². The van der Waals surface area contributed by atoms with E-state index in [9.17, 15) is 0 Å². The van der Waals surface area contributed by atoms with E-state index < -0.39 is 0 Å². The molecular weight excluding hydrogens is 284 g/mol. The molecule has 0 aliphatic rings. The van der Waals surface area contributed by atoms with Gasteiger partial charge < -0.3 is 19.3 Å². The van der Waals surface area contributed by atoms with Crippen LogP contribution in [0.2, 0.25) is 0 Å². The molecule has 0 saturated heterocycles. The van der Waals surface area contributed by atoms with Gasteiger partial charge in [0.1, 0.15) is 18.5 Å². The van der Waals surface area contributed by atoms with Gasteiger partial charge in [-0.15, -0.1) is 0 Å². The average Bonchev–Trinajstić information content (AvgIpc) is 2.59. The average molecular weight is 304 g/mol. The Morgan fingerprint density at radius 1 is 1.09 bits per heavy atom. The van der Waals surface area contributed by atoms with Crippen LogP contribution in [0.1, 0.15) is 5.69 Å². The van der Waals surface area contributed by atoms with Gasteiger partial charge >= 0.3 is 0 Å². The van der Waals surface area contributed by atoms with Crippen molar-refractivity contribution in [3.8, 4) is 17.1 Å². The molecule has 0 aliphatic heterocycles. The molecule has 6 nitrogen and oxygen atoms in total. The van der Waals surface area contributed by atoms with Gasteiger partial charge in [0, 0.05) is 26.0 Å². The summed E-state index contributed by atoms with van der Waals surface area (Å²) in [6.45, 7) is 0.797. The lowest BCUT2D eigenvalue weighted by Crippen LogP contribution is -2.25. The van der Waals surface area contributed by atoms with Gasteiger partial charge in [0.05, 0.1) is 18.9 Å². The first-order valence-corrected chi connectivity index (χ1v) is 6.94. The lowest BCUT2D eigenvalue weighted by molar-refractivity contribution is 0.000879. The molecule has 0 spiro atoms. The second kappa shape index (κ2) is 8.43. The lowest BCUT2D eigenvalue weighted by Gasteiger charge is -2.15. The van der Waals surface area contributed by atoms with E-state index in [0.717, 1.165) is 11.3 Å². The van der Waals surface area contributed by atoms with Crippen molar-refractivity contribution in [3.05, 3.63) is 42.2 Å². The van der Waals surface area contributed by atoms with Gasteiger partial charge in [-0.2, -0.15) is 0 Å². The normalized spacial score (nSPS) is 12.1. The van der Waals surface area contributed by atoms with Crippen molar-refractivity contribution in [2.24, 2.45) is 0 Å². The van der Waals surface area contributed by atoms with E-state index in [4.69, 9.17) is 19.3 Å². The second-order valence-corrected chi connectivity index (χ2v) is 4.68. The molecule has 1 aromatic carbocycles. The van der Waals surface area contributed by atoms with Crippen LogP contribution in [-0.2, 0) is 16.1 Å². The highest BCUT2D eigenvalue weighted by molar-refractivity contribution is 5.56.